The Hall–Kier alpha value is -2.38. The van der Waals surface area contributed by atoms with Crippen LogP contribution in [0.3, 0.4) is 0 Å². The van der Waals surface area contributed by atoms with Crippen molar-refractivity contribution in [3.8, 4) is 17.6 Å². The smallest absolute Gasteiger partial charge is 0.161 e. The topological polar surface area (TPSA) is 54.3 Å². The van der Waals surface area contributed by atoms with E-state index in [-0.39, 0.29) is 6.10 Å². The summed E-state index contributed by atoms with van der Waals surface area (Å²) < 4.78 is 11.5. The van der Waals surface area contributed by atoms with Crippen molar-refractivity contribution in [2.24, 2.45) is 0 Å². The fraction of sp³-hybridized carbons (Fsp3) is 0.188. The van der Waals surface area contributed by atoms with Crippen molar-refractivity contribution in [1.82, 2.24) is 0 Å². The van der Waals surface area contributed by atoms with Gasteiger partial charge >= 0.3 is 0 Å². The third-order valence-corrected chi connectivity index (χ3v) is 3.50. The van der Waals surface area contributed by atoms with Crippen LogP contribution in [0.5, 0.6) is 11.5 Å². The van der Waals surface area contributed by atoms with Gasteiger partial charge in [-0.25, -0.2) is 0 Å². The molecule has 0 fully saturated rings. The summed E-state index contributed by atoms with van der Waals surface area (Å²) in [6.07, 6.45) is -0.0747. The van der Waals surface area contributed by atoms with Crippen molar-refractivity contribution in [2.75, 3.05) is 18.5 Å². The lowest BCUT2D eigenvalue weighted by molar-refractivity contribution is 0.0998. The number of anilines is 1. The van der Waals surface area contributed by atoms with Gasteiger partial charge in [-0.15, -0.1) is 0 Å². The first kappa shape index (κ1) is 13.6. The molecule has 21 heavy (non-hydrogen) atoms. The number of nitrogens with zero attached hydrogens (tertiary/aromatic N) is 1. The number of nitrogens with one attached hydrogen (secondary N) is 1. The molecule has 0 aliphatic carbocycles. The summed E-state index contributed by atoms with van der Waals surface area (Å²) in [7, 11) is 0. The van der Waals surface area contributed by atoms with Gasteiger partial charge in [0.05, 0.1) is 17.1 Å². The second kappa shape index (κ2) is 5.94. The molecule has 0 radical (unpaired) electrons. The second-order valence-electron chi connectivity index (χ2n) is 4.68. The summed E-state index contributed by atoms with van der Waals surface area (Å²) in [4.78, 5) is 0. The molecule has 1 aliphatic heterocycles. The Morgan fingerprint density at radius 1 is 1.24 bits per heavy atom. The SMILES string of the molecule is N#Cc1ccc(NCC2COc3ccccc3O2)cc1Cl. The molecule has 0 spiro atoms. The van der Waals surface area contributed by atoms with Crippen molar-refractivity contribution in [2.45, 2.75) is 6.10 Å². The van der Waals surface area contributed by atoms with Crippen LogP contribution in [-0.2, 0) is 0 Å². The quantitative estimate of drug-likeness (QED) is 0.943. The Balaban J connectivity index is 1.62. The van der Waals surface area contributed by atoms with Crippen LogP contribution < -0.4 is 14.8 Å². The summed E-state index contributed by atoms with van der Waals surface area (Å²) in [5.41, 5.74) is 1.31. The van der Waals surface area contributed by atoms with Crippen LogP contribution in [0.2, 0.25) is 5.02 Å². The van der Waals surface area contributed by atoms with E-state index in [4.69, 9.17) is 26.3 Å². The van der Waals surface area contributed by atoms with E-state index in [0.29, 0.717) is 23.7 Å². The average Bonchev–Trinajstić information content (AvgIpc) is 2.53. The minimum absolute atomic E-state index is 0.0747. The minimum Gasteiger partial charge on any atom is -0.486 e. The molecule has 0 saturated heterocycles. The van der Waals surface area contributed by atoms with Crippen molar-refractivity contribution >= 4 is 17.3 Å². The second-order valence-corrected chi connectivity index (χ2v) is 5.09. The van der Waals surface area contributed by atoms with E-state index in [0.717, 1.165) is 17.2 Å². The normalized spacial score (nSPS) is 16.1. The highest BCUT2D eigenvalue weighted by Gasteiger charge is 2.20. The number of hydrogen-bond acceptors (Lipinski definition) is 4. The van der Waals surface area contributed by atoms with Crippen LogP contribution in [0.1, 0.15) is 5.56 Å². The van der Waals surface area contributed by atoms with Crippen molar-refractivity contribution in [3.05, 3.63) is 53.1 Å². The molecule has 3 rings (SSSR count). The van der Waals surface area contributed by atoms with Crippen molar-refractivity contribution in [1.29, 1.82) is 5.26 Å². The summed E-state index contributed by atoms with van der Waals surface area (Å²) >= 11 is 6.00. The molecule has 0 aromatic heterocycles. The van der Waals surface area contributed by atoms with Crippen molar-refractivity contribution < 1.29 is 9.47 Å². The van der Waals surface area contributed by atoms with Gasteiger partial charge in [-0.2, -0.15) is 5.26 Å². The molecular formula is C16H13ClN2O2. The van der Waals surface area contributed by atoms with E-state index in [1.54, 1.807) is 12.1 Å². The number of fused-ring (bicyclic) bond motifs is 1. The predicted molar refractivity (Wildman–Crippen MR) is 81.0 cm³/mol. The zero-order chi connectivity index (χ0) is 14.7. The number of nitriles is 1. The standard InChI is InChI=1S/C16H13ClN2O2/c17-14-7-12(6-5-11(14)8-18)19-9-13-10-20-15-3-1-2-4-16(15)21-13/h1-7,13,19H,9-10H2. The monoisotopic (exact) mass is 300 g/mol. The summed E-state index contributed by atoms with van der Waals surface area (Å²) in [5.74, 6) is 1.53. The summed E-state index contributed by atoms with van der Waals surface area (Å²) in [6, 6.07) is 14.9. The van der Waals surface area contributed by atoms with Gasteiger partial charge in [0.2, 0.25) is 0 Å². The molecule has 5 heteroatoms. The average molecular weight is 301 g/mol. The number of benzene rings is 2. The lowest BCUT2D eigenvalue weighted by atomic mass is 10.2. The Labute approximate surface area is 127 Å². The molecule has 2 aromatic carbocycles. The lowest BCUT2D eigenvalue weighted by Gasteiger charge is -2.26. The molecule has 4 nitrogen and oxygen atoms in total. The van der Waals surface area contributed by atoms with Gasteiger partial charge in [0, 0.05) is 5.69 Å². The maximum atomic E-state index is 8.84. The molecule has 0 bridgehead atoms. The Bertz CT molecular complexity index is 697. The Kier molecular flexibility index (Phi) is 3.85. The van der Waals surface area contributed by atoms with Gasteiger partial charge in [0.15, 0.2) is 11.5 Å². The van der Waals surface area contributed by atoms with E-state index in [9.17, 15) is 0 Å². The van der Waals surface area contributed by atoms with E-state index >= 15 is 0 Å². The molecule has 106 valence electrons. The largest absolute Gasteiger partial charge is 0.486 e. The number of hydrogen-bond donors (Lipinski definition) is 1. The first-order valence-electron chi connectivity index (χ1n) is 6.58. The zero-order valence-corrected chi connectivity index (χ0v) is 11.9. The van der Waals surface area contributed by atoms with Gasteiger partial charge in [0.1, 0.15) is 18.8 Å². The molecule has 1 heterocycles. The van der Waals surface area contributed by atoms with Gasteiger partial charge in [0.25, 0.3) is 0 Å². The van der Waals surface area contributed by atoms with E-state index in [1.807, 2.05) is 36.4 Å². The number of ether oxygens (including phenoxy) is 2. The number of para-hydroxylation sites is 2. The fourth-order valence-corrected chi connectivity index (χ4v) is 2.33. The molecule has 0 amide bonds. The highest BCUT2D eigenvalue weighted by molar-refractivity contribution is 6.32. The fourth-order valence-electron chi connectivity index (χ4n) is 2.11. The molecular weight excluding hydrogens is 288 g/mol. The third-order valence-electron chi connectivity index (χ3n) is 3.19. The van der Waals surface area contributed by atoms with E-state index in [2.05, 4.69) is 5.32 Å². The Morgan fingerprint density at radius 2 is 2.05 bits per heavy atom. The van der Waals surface area contributed by atoms with E-state index < -0.39 is 0 Å². The predicted octanol–water partition coefficient (Wildman–Crippen LogP) is 3.46. The molecule has 1 aliphatic rings. The summed E-state index contributed by atoms with van der Waals surface area (Å²) in [6.45, 7) is 1.09. The summed E-state index contributed by atoms with van der Waals surface area (Å²) in [5, 5.41) is 12.5. The third kappa shape index (κ3) is 3.04. The first-order chi connectivity index (χ1) is 10.3. The highest BCUT2D eigenvalue weighted by Crippen LogP contribution is 2.31. The van der Waals surface area contributed by atoms with Gasteiger partial charge in [-0.05, 0) is 30.3 Å². The number of halogens is 1. The van der Waals surface area contributed by atoms with Crippen LogP contribution in [0.15, 0.2) is 42.5 Å². The van der Waals surface area contributed by atoms with E-state index in [1.165, 1.54) is 0 Å². The van der Waals surface area contributed by atoms with Crippen LogP contribution in [0.4, 0.5) is 5.69 Å². The van der Waals surface area contributed by atoms with Gasteiger partial charge in [-0.3, -0.25) is 0 Å². The van der Waals surface area contributed by atoms with Crippen LogP contribution >= 0.6 is 11.6 Å². The van der Waals surface area contributed by atoms with Crippen LogP contribution in [0.25, 0.3) is 0 Å². The van der Waals surface area contributed by atoms with Gasteiger partial charge < -0.3 is 14.8 Å². The zero-order valence-electron chi connectivity index (χ0n) is 11.2. The maximum Gasteiger partial charge on any atom is 0.161 e. The number of rotatable bonds is 3. The van der Waals surface area contributed by atoms with Crippen LogP contribution in [0, 0.1) is 11.3 Å². The minimum atomic E-state index is -0.0747. The highest BCUT2D eigenvalue weighted by atomic mass is 35.5. The molecule has 2 aromatic rings. The molecule has 0 saturated carbocycles. The lowest BCUT2D eigenvalue weighted by Crippen LogP contribution is -2.35. The molecule has 1 atom stereocenters. The Morgan fingerprint density at radius 3 is 2.81 bits per heavy atom. The maximum absolute atomic E-state index is 8.84. The van der Waals surface area contributed by atoms with Crippen LogP contribution in [-0.4, -0.2) is 19.3 Å². The molecule has 1 N–H and O–H groups in total. The van der Waals surface area contributed by atoms with Crippen molar-refractivity contribution in [3.63, 3.8) is 0 Å². The first-order valence-corrected chi connectivity index (χ1v) is 6.96. The van der Waals surface area contributed by atoms with Gasteiger partial charge in [-0.1, -0.05) is 23.7 Å². The molecule has 1 unspecified atom stereocenters.